The zero-order valence-corrected chi connectivity index (χ0v) is 11.2. The first-order valence-electron chi connectivity index (χ1n) is 5.97. The maximum absolute atomic E-state index is 12.6. The fraction of sp³-hybridized carbons (Fsp3) is 0. The number of hydrogen-bond acceptors (Lipinski definition) is 3. The third kappa shape index (κ3) is 1.80. The van der Waals surface area contributed by atoms with Gasteiger partial charge in [0, 0.05) is 16.7 Å². The first-order chi connectivity index (χ1) is 9.59. The molecule has 0 saturated carbocycles. The van der Waals surface area contributed by atoms with E-state index in [1.165, 1.54) is 0 Å². The highest BCUT2D eigenvalue weighted by Gasteiger charge is 2.31. The number of hydrogen-bond donors (Lipinski definition) is 2. The van der Waals surface area contributed by atoms with Gasteiger partial charge in [0.1, 0.15) is 0 Å². The molecule has 1 aliphatic rings. The van der Waals surface area contributed by atoms with Gasteiger partial charge in [0.2, 0.25) is 0 Å². The molecule has 2 aromatic rings. The van der Waals surface area contributed by atoms with Crippen molar-refractivity contribution in [2.45, 2.75) is 0 Å². The van der Waals surface area contributed by atoms with Gasteiger partial charge in [0.25, 0.3) is 0 Å². The summed E-state index contributed by atoms with van der Waals surface area (Å²) < 4.78 is 0. The third-order valence-electron chi connectivity index (χ3n) is 3.21. The van der Waals surface area contributed by atoms with Crippen molar-refractivity contribution in [1.82, 2.24) is 0 Å². The van der Waals surface area contributed by atoms with Crippen molar-refractivity contribution in [1.29, 1.82) is 0 Å². The summed E-state index contributed by atoms with van der Waals surface area (Å²) in [4.78, 5) is 25.0. The second-order valence-electron chi connectivity index (χ2n) is 4.42. The SMILES string of the molecule is NC(=S)Nc1cccc2c1C(=O)c1ccccc1C2=O. The number of benzene rings is 2. The number of thiocarbonyl (C=S) groups is 1. The molecular formula is C15H10N2O2S. The predicted octanol–water partition coefficient (Wildman–Crippen LogP) is 2.12. The molecule has 0 saturated heterocycles. The van der Waals surface area contributed by atoms with Gasteiger partial charge in [-0.2, -0.15) is 0 Å². The van der Waals surface area contributed by atoms with E-state index < -0.39 is 0 Å². The van der Waals surface area contributed by atoms with Crippen LogP contribution in [0.15, 0.2) is 42.5 Å². The monoisotopic (exact) mass is 282 g/mol. The number of nitrogens with two attached hydrogens (primary N) is 1. The lowest BCUT2D eigenvalue weighted by molar-refractivity contribution is 0.0979. The van der Waals surface area contributed by atoms with Crippen LogP contribution in [0.25, 0.3) is 0 Å². The van der Waals surface area contributed by atoms with Gasteiger partial charge in [-0.15, -0.1) is 0 Å². The molecule has 0 bridgehead atoms. The van der Waals surface area contributed by atoms with E-state index in [4.69, 9.17) is 18.0 Å². The number of fused-ring (bicyclic) bond motifs is 2. The van der Waals surface area contributed by atoms with Gasteiger partial charge in [-0.05, 0) is 18.3 Å². The molecule has 0 aromatic heterocycles. The molecule has 5 heteroatoms. The average molecular weight is 282 g/mol. The first kappa shape index (κ1) is 12.5. The molecule has 4 nitrogen and oxygen atoms in total. The Bertz CT molecular complexity index is 768. The number of ketones is 2. The number of rotatable bonds is 1. The van der Waals surface area contributed by atoms with Crippen LogP contribution in [0.2, 0.25) is 0 Å². The Morgan fingerprint density at radius 3 is 2.15 bits per heavy atom. The number of carbonyl (C=O) groups excluding carboxylic acids is 2. The van der Waals surface area contributed by atoms with Gasteiger partial charge in [-0.1, -0.05) is 36.4 Å². The Labute approximate surface area is 120 Å². The molecule has 1 aliphatic carbocycles. The van der Waals surface area contributed by atoms with Crippen LogP contribution in [-0.4, -0.2) is 16.7 Å². The lowest BCUT2D eigenvalue weighted by Crippen LogP contribution is -2.25. The van der Waals surface area contributed by atoms with Gasteiger partial charge in [0.15, 0.2) is 16.7 Å². The Morgan fingerprint density at radius 2 is 1.50 bits per heavy atom. The summed E-state index contributed by atoms with van der Waals surface area (Å²) in [6.45, 7) is 0. The molecule has 98 valence electrons. The molecule has 2 aromatic carbocycles. The van der Waals surface area contributed by atoms with E-state index in [0.29, 0.717) is 27.9 Å². The highest BCUT2D eigenvalue weighted by atomic mass is 32.1. The Morgan fingerprint density at radius 1 is 0.900 bits per heavy atom. The quantitative estimate of drug-likeness (QED) is 0.669. The summed E-state index contributed by atoms with van der Waals surface area (Å²) in [5, 5.41) is 2.80. The fourth-order valence-corrected chi connectivity index (χ4v) is 2.49. The lowest BCUT2D eigenvalue weighted by atomic mass is 9.83. The van der Waals surface area contributed by atoms with E-state index in [1.807, 2.05) is 0 Å². The van der Waals surface area contributed by atoms with Crippen molar-refractivity contribution in [2.24, 2.45) is 5.73 Å². The van der Waals surface area contributed by atoms with Crippen LogP contribution in [-0.2, 0) is 0 Å². The number of nitrogens with one attached hydrogen (secondary N) is 1. The zero-order valence-electron chi connectivity index (χ0n) is 10.3. The standard InChI is InChI=1S/C15H10N2O2S/c16-15(20)17-11-7-3-6-10-12(11)14(19)9-5-2-1-4-8(9)13(10)18/h1-7H,(H3,16,17,20). The number of carbonyl (C=O) groups is 2. The predicted molar refractivity (Wildman–Crippen MR) is 80.2 cm³/mol. The minimum absolute atomic E-state index is 0.0532. The summed E-state index contributed by atoms with van der Waals surface area (Å²) in [6.07, 6.45) is 0. The summed E-state index contributed by atoms with van der Waals surface area (Å²) in [5.41, 5.74) is 7.44. The van der Waals surface area contributed by atoms with Crippen LogP contribution >= 0.6 is 12.2 Å². The molecule has 20 heavy (non-hydrogen) atoms. The van der Waals surface area contributed by atoms with Crippen LogP contribution < -0.4 is 11.1 Å². The molecule has 0 heterocycles. The van der Waals surface area contributed by atoms with Crippen molar-refractivity contribution in [3.63, 3.8) is 0 Å². The van der Waals surface area contributed by atoms with E-state index >= 15 is 0 Å². The molecule has 0 unspecified atom stereocenters. The largest absolute Gasteiger partial charge is 0.376 e. The third-order valence-corrected chi connectivity index (χ3v) is 3.31. The van der Waals surface area contributed by atoms with Crippen molar-refractivity contribution in [3.05, 3.63) is 64.7 Å². The molecule has 0 atom stereocenters. The Hall–Kier alpha value is -2.53. The van der Waals surface area contributed by atoms with Gasteiger partial charge >= 0.3 is 0 Å². The fourth-order valence-electron chi connectivity index (χ4n) is 2.38. The van der Waals surface area contributed by atoms with Crippen LogP contribution in [0.5, 0.6) is 0 Å². The van der Waals surface area contributed by atoms with Crippen LogP contribution in [0.4, 0.5) is 5.69 Å². The average Bonchev–Trinajstić information content (AvgIpc) is 2.44. The molecule has 3 rings (SSSR count). The second-order valence-corrected chi connectivity index (χ2v) is 4.86. The summed E-state index contributed by atoms with van der Waals surface area (Å²) >= 11 is 4.80. The van der Waals surface area contributed by atoms with E-state index in [0.717, 1.165) is 0 Å². The highest BCUT2D eigenvalue weighted by Crippen LogP contribution is 2.31. The normalized spacial score (nSPS) is 12.6. The topological polar surface area (TPSA) is 72.2 Å². The Balaban J connectivity index is 2.25. The van der Waals surface area contributed by atoms with Crippen molar-refractivity contribution in [2.75, 3.05) is 5.32 Å². The second kappa shape index (κ2) is 4.54. The van der Waals surface area contributed by atoms with Crippen molar-refractivity contribution in [3.8, 4) is 0 Å². The van der Waals surface area contributed by atoms with E-state index in [1.54, 1.807) is 42.5 Å². The highest BCUT2D eigenvalue weighted by molar-refractivity contribution is 7.80. The van der Waals surface area contributed by atoms with Gasteiger partial charge < -0.3 is 11.1 Å². The number of anilines is 1. The lowest BCUT2D eigenvalue weighted by Gasteiger charge is -2.20. The molecule has 0 radical (unpaired) electrons. The maximum atomic E-state index is 12.6. The van der Waals surface area contributed by atoms with Crippen molar-refractivity contribution < 1.29 is 9.59 Å². The summed E-state index contributed by atoms with van der Waals surface area (Å²) in [5.74, 6) is -0.365. The molecule has 0 spiro atoms. The van der Waals surface area contributed by atoms with Crippen LogP contribution in [0.3, 0.4) is 0 Å². The van der Waals surface area contributed by atoms with E-state index in [9.17, 15) is 9.59 Å². The molecule has 0 amide bonds. The Kier molecular flexibility index (Phi) is 2.84. The zero-order chi connectivity index (χ0) is 14.3. The van der Waals surface area contributed by atoms with Crippen LogP contribution in [0.1, 0.15) is 31.8 Å². The minimum Gasteiger partial charge on any atom is -0.376 e. The maximum Gasteiger partial charge on any atom is 0.196 e. The smallest absolute Gasteiger partial charge is 0.196 e. The van der Waals surface area contributed by atoms with Gasteiger partial charge in [-0.3, -0.25) is 9.59 Å². The van der Waals surface area contributed by atoms with E-state index in [-0.39, 0.29) is 16.7 Å². The minimum atomic E-state index is -0.199. The molecule has 0 fully saturated rings. The molecular weight excluding hydrogens is 272 g/mol. The van der Waals surface area contributed by atoms with Crippen LogP contribution in [0, 0.1) is 0 Å². The molecule has 3 N–H and O–H groups in total. The molecule has 0 aliphatic heterocycles. The van der Waals surface area contributed by atoms with Gasteiger partial charge in [-0.25, -0.2) is 0 Å². The van der Waals surface area contributed by atoms with Crippen molar-refractivity contribution >= 4 is 34.6 Å². The van der Waals surface area contributed by atoms with Gasteiger partial charge in [0.05, 0.1) is 11.3 Å². The summed E-state index contributed by atoms with van der Waals surface area (Å²) in [6, 6.07) is 11.8. The van der Waals surface area contributed by atoms with E-state index in [2.05, 4.69) is 5.32 Å². The summed E-state index contributed by atoms with van der Waals surface area (Å²) in [7, 11) is 0. The first-order valence-corrected chi connectivity index (χ1v) is 6.38.